The molecule has 1 amide bonds. The molecule has 0 aromatic heterocycles. The maximum atomic E-state index is 12.7. The average Bonchev–Trinajstić information content (AvgIpc) is 2.90. The molecule has 0 radical (unpaired) electrons. The van der Waals surface area contributed by atoms with Crippen molar-refractivity contribution in [1.29, 1.82) is 0 Å². The Bertz CT molecular complexity index is 540. The Morgan fingerprint density at radius 3 is 2.55 bits per heavy atom. The van der Waals surface area contributed by atoms with E-state index in [1.54, 1.807) is 4.90 Å². The van der Waals surface area contributed by atoms with Gasteiger partial charge in [0.15, 0.2) is 0 Å². The van der Waals surface area contributed by atoms with Crippen LogP contribution in [0.2, 0.25) is 0 Å². The molecule has 1 aliphatic carbocycles. The molecule has 3 rings (SSSR count). The van der Waals surface area contributed by atoms with E-state index in [0.29, 0.717) is 19.4 Å². The molecule has 106 valence electrons. The average molecular weight is 272 g/mol. The standard InChI is InChI=1S/C16H19NO3/c18-15(12-6-2-3-7-13(12)16(19)20)17-10-9-11-5-1-4-8-14(11)17/h1,4-5,8,12-13H,2-3,6-7,9-10H2,(H,19,20)/p-1/t12-,13+/m1/s1. The third-order valence-electron chi connectivity index (χ3n) is 4.54. The summed E-state index contributed by atoms with van der Waals surface area (Å²) in [7, 11) is 0. The van der Waals surface area contributed by atoms with Crippen LogP contribution < -0.4 is 10.0 Å². The summed E-state index contributed by atoms with van der Waals surface area (Å²) in [5, 5.41) is 11.2. The summed E-state index contributed by atoms with van der Waals surface area (Å²) in [4.78, 5) is 25.7. The van der Waals surface area contributed by atoms with Crippen LogP contribution in [0.15, 0.2) is 24.3 Å². The minimum atomic E-state index is -1.07. The van der Waals surface area contributed by atoms with E-state index in [0.717, 1.165) is 24.9 Å². The van der Waals surface area contributed by atoms with Crippen molar-refractivity contribution in [3.05, 3.63) is 29.8 Å². The van der Waals surface area contributed by atoms with Gasteiger partial charge in [0.05, 0.1) is 0 Å². The summed E-state index contributed by atoms with van der Waals surface area (Å²) < 4.78 is 0. The highest BCUT2D eigenvalue weighted by molar-refractivity contribution is 5.98. The number of hydrogen-bond acceptors (Lipinski definition) is 3. The Balaban J connectivity index is 1.84. The molecule has 1 fully saturated rings. The Morgan fingerprint density at radius 1 is 1.10 bits per heavy atom. The highest BCUT2D eigenvalue weighted by atomic mass is 16.4. The number of carbonyl (C=O) groups is 2. The third-order valence-corrected chi connectivity index (χ3v) is 4.54. The van der Waals surface area contributed by atoms with Crippen molar-refractivity contribution in [3.8, 4) is 0 Å². The topological polar surface area (TPSA) is 60.4 Å². The molecular formula is C16H18NO3-. The van der Waals surface area contributed by atoms with Crippen LogP contribution in [0.5, 0.6) is 0 Å². The van der Waals surface area contributed by atoms with Crippen LogP contribution in [0.3, 0.4) is 0 Å². The highest BCUT2D eigenvalue weighted by Gasteiger charge is 2.36. The van der Waals surface area contributed by atoms with Crippen molar-refractivity contribution >= 4 is 17.6 Å². The van der Waals surface area contributed by atoms with E-state index < -0.39 is 17.8 Å². The van der Waals surface area contributed by atoms with Gasteiger partial charge in [-0.15, -0.1) is 0 Å². The summed E-state index contributed by atoms with van der Waals surface area (Å²) in [6, 6.07) is 7.86. The number of carboxylic acid groups (broad SMARTS) is 1. The molecule has 0 unspecified atom stereocenters. The summed E-state index contributed by atoms with van der Waals surface area (Å²) in [6.07, 6.45) is 3.88. The van der Waals surface area contributed by atoms with Crippen LogP contribution in [0.4, 0.5) is 5.69 Å². The predicted molar refractivity (Wildman–Crippen MR) is 73.0 cm³/mol. The zero-order valence-corrected chi connectivity index (χ0v) is 11.4. The normalized spacial score (nSPS) is 25.3. The van der Waals surface area contributed by atoms with Gasteiger partial charge >= 0.3 is 0 Å². The number of nitrogens with zero attached hydrogens (tertiary/aromatic N) is 1. The molecule has 4 heteroatoms. The van der Waals surface area contributed by atoms with Crippen LogP contribution in [0.1, 0.15) is 31.2 Å². The monoisotopic (exact) mass is 272 g/mol. The van der Waals surface area contributed by atoms with E-state index in [9.17, 15) is 14.7 Å². The van der Waals surface area contributed by atoms with E-state index in [2.05, 4.69) is 0 Å². The fourth-order valence-electron chi connectivity index (χ4n) is 3.48. The molecule has 2 aliphatic rings. The number of benzene rings is 1. The molecule has 1 aromatic rings. The second-order valence-corrected chi connectivity index (χ2v) is 5.69. The molecule has 1 heterocycles. The summed E-state index contributed by atoms with van der Waals surface area (Å²) >= 11 is 0. The quantitative estimate of drug-likeness (QED) is 0.811. The SMILES string of the molecule is O=C([O-])[C@H]1CCCC[C@H]1C(=O)N1CCc2ccccc21. The molecule has 1 aromatic carbocycles. The van der Waals surface area contributed by atoms with Gasteiger partial charge in [-0.3, -0.25) is 4.79 Å². The van der Waals surface area contributed by atoms with Crippen molar-refractivity contribution in [2.45, 2.75) is 32.1 Å². The molecule has 1 aliphatic heterocycles. The summed E-state index contributed by atoms with van der Waals surface area (Å²) in [5.74, 6) is -2.15. The molecule has 0 spiro atoms. The summed E-state index contributed by atoms with van der Waals surface area (Å²) in [6.45, 7) is 0.661. The smallest absolute Gasteiger partial charge is 0.230 e. The number of carboxylic acids is 1. The van der Waals surface area contributed by atoms with E-state index >= 15 is 0 Å². The second-order valence-electron chi connectivity index (χ2n) is 5.69. The first-order valence-electron chi connectivity index (χ1n) is 7.28. The Morgan fingerprint density at radius 2 is 1.80 bits per heavy atom. The lowest BCUT2D eigenvalue weighted by Gasteiger charge is -2.34. The lowest BCUT2D eigenvalue weighted by atomic mass is 9.78. The fraction of sp³-hybridized carbons (Fsp3) is 0.500. The molecule has 4 nitrogen and oxygen atoms in total. The minimum Gasteiger partial charge on any atom is -0.550 e. The molecule has 2 atom stereocenters. The van der Waals surface area contributed by atoms with Gasteiger partial charge in [-0.2, -0.15) is 0 Å². The number of amides is 1. The van der Waals surface area contributed by atoms with Gasteiger partial charge in [0, 0.05) is 30.0 Å². The number of carbonyl (C=O) groups excluding carboxylic acids is 2. The third kappa shape index (κ3) is 2.19. The van der Waals surface area contributed by atoms with Crippen LogP contribution in [-0.4, -0.2) is 18.4 Å². The van der Waals surface area contributed by atoms with E-state index in [4.69, 9.17) is 0 Å². The highest BCUT2D eigenvalue weighted by Crippen LogP contribution is 2.35. The van der Waals surface area contributed by atoms with Crippen molar-refractivity contribution in [2.24, 2.45) is 11.8 Å². The summed E-state index contributed by atoms with van der Waals surface area (Å²) in [5.41, 5.74) is 2.11. The molecular weight excluding hydrogens is 254 g/mol. The van der Waals surface area contributed by atoms with Crippen molar-refractivity contribution in [3.63, 3.8) is 0 Å². The van der Waals surface area contributed by atoms with Gasteiger partial charge in [0.2, 0.25) is 5.91 Å². The van der Waals surface area contributed by atoms with Gasteiger partial charge < -0.3 is 14.8 Å². The predicted octanol–water partition coefficient (Wildman–Crippen LogP) is 1.13. The molecule has 1 saturated carbocycles. The largest absolute Gasteiger partial charge is 0.550 e. The number of anilines is 1. The van der Waals surface area contributed by atoms with Crippen molar-refractivity contribution in [1.82, 2.24) is 0 Å². The van der Waals surface area contributed by atoms with Gasteiger partial charge in [-0.1, -0.05) is 31.0 Å². The lowest BCUT2D eigenvalue weighted by molar-refractivity contribution is -0.313. The van der Waals surface area contributed by atoms with Crippen LogP contribution in [0, 0.1) is 11.8 Å². The van der Waals surface area contributed by atoms with Gasteiger partial charge in [0.1, 0.15) is 0 Å². The van der Waals surface area contributed by atoms with Crippen LogP contribution >= 0.6 is 0 Å². The first kappa shape index (κ1) is 13.2. The number of hydrogen-bond donors (Lipinski definition) is 0. The number of rotatable bonds is 2. The van der Waals surface area contributed by atoms with Gasteiger partial charge in [-0.05, 0) is 30.9 Å². The molecule has 0 bridgehead atoms. The van der Waals surface area contributed by atoms with E-state index in [1.165, 1.54) is 5.56 Å². The van der Waals surface area contributed by atoms with E-state index in [-0.39, 0.29) is 5.91 Å². The first-order chi connectivity index (χ1) is 9.68. The van der Waals surface area contributed by atoms with Crippen molar-refractivity contribution in [2.75, 3.05) is 11.4 Å². The first-order valence-corrected chi connectivity index (χ1v) is 7.28. The Kier molecular flexibility index (Phi) is 3.47. The molecule has 0 saturated heterocycles. The maximum Gasteiger partial charge on any atom is 0.230 e. The molecule has 0 N–H and O–H groups in total. The fourth-order valence-corrected chi connectivity index (χ4v) is 3.48. The van der Waals surface area contributed by atoms with Crippen LogP contribution in [-0.2, 0) is 16.0 Å². The number of aliphatic carboxylic acids is 1. The van der Waals surface area contributed by atoms with Crippen LogP contribution in [0.25, 0.3) is 0 Å². The van der Waals surface area contributed by atoms with Crippen molar-refractivity contribution < 1.29 is 14.7 Å². The zero-order chi connectivity index (χ0) is 14.1. The second kappa shape index (κ2) is 5.27. The number of para-hydroxylation sites is 1. The van der Waals surface area contributed by atoms with Gasteiger partial charge in [0.25, 0.3) is 0 Å². The molecule has 20 heavy (non-hydrogen) atoms. The number of fused-ring (bicyclic) bond motifs is 1. The van der Waals surface area contributed by atoms with Gasteiger partial charge in [-0.25, -0.2) is 0 Å². The van der Waals surface area contributed by atoms with E-state index in [1.807, 2.05) is 24.3 Å². The minimum absolute atomic E-state index is 0.0381. The lowest BCUT2D eigenvalue weighted by Crippen LogP contribution is -2.45. The maximum absolute atomic E-state index is 12.7. The zero-order valence-electron chi connectivity index (χ0n) is 11.4. The Labute approximate surface area is 118 Å². The Hall–Kier alpha value is -1.84.